The maximum absolute atomic E-state index is 12.7. The van der Waals surface area contributed by atoms with Crippen LogP contribution in [0.15, 0.2) is 42.5 Å². The van der Waals surface area contributed by atoms with Gasteiger partial charge in [0, 0.05) is 13.1 Å². The van der Waals surface area contributed by atoms with E-state index >= 15 is 0 Å². The summed E-state index contributed by atoms with van der Waals surface area (Å²) in [6.45, 7) is 2.70. The van der Waals surface area contributed by atoms with Crippen molar-refractivity contribution in [3.63, 3.8) is 0 Å². The molecule has 0 bridgehead atoms. The lowest BCUT2D eigenvalue weighted by Crippen LogP contribution is -2.44. The van der Waals surface area contributed by atoms with Crippen LogP contribution in [-0.2, 0) is 23.9 Å². The Labute approximate surface area is 144 Å². The maximum Gasteiger partial charge on any atom is 0.416 e. The van der Waals surface area contributed by atoms with Gasteiger partial charge in [-0.1, -0.05) is 30.3 Å². The molecule has 3 nitrogen and oxygen atoms in total. The second kappa shape index (κ2) is 6.52. The van der Waals surface area contributed by atoms with Crippen molar-refractivity contribution in [1.29, 1.82) is 0 Å². The van der Waals surface area contributed by atoms with Gasteiger partial charge >= 0.3 is 6.18 Å². The van der Waals surface area contributed by atoms with E-state index < -0.39 is 17.8 Å². The first-order valence-electron chi connectivity index (χ1n) is 8.10. The molecule has 0 saturated carbocycles. The summed E-state index contributed by atoms with van der Waals surface area (Å²) in [6.07, 6.45) is -3.68. The molecule has 0 aromatic heterocycles. The number of nitrogens with zero attached hydrogens (tertiary/aromatic N) is 1. The van der Waals surface area contributed by atoms with Gasteiger partial charge in [0.15, 0.2) is 0 Å². The fourth-order valence-electron chi connectivity index (χ4n) is 3.19. The Kier molecular flexibility index (Phi) is 4.56. The Morgan fingerprint density at radius 3 is 2.44 bits per heavy atom. The second-order valence-corrected chi connectivity index (χ2v) is 6.32. The molecule has 1 aliphatic heterocycles. The van der Waals surface area contributed by atoms with Gasteiger partial charge in [-0.25, -0.2) is 0 Å². The van der Waals surface area contributed by atoms with E-state index in [-0.39, 0.29) is 5.91 Å². The normalized spacial score (nSPS) is 15.6. The van der Waals surface area contributed by atoms with Crippen LogP contribution in [0.2, 0.25) is 0 Å². The van der Waals surface area contributed by atoms with Gasteiger partial charge in [0.25, 0.3) is 0 Å². The fraction of sp³-hybridized carbons (Fsp3) is 0.316. The number of rotatable bonds is 2. The number of fused-ring (bicyclic) bond motifs is 1. The summed E-state index contributed by atoms with van der Waals surface area (Å²) in [6, 6.07) is 10.4. The molecule has 3 rings (SSSR count). The average molecular weight is 348 g/mol. The third-order valence-electron chi connectivity index (χ3n) is 4.49. The van der Waals surface area contributed by atoms with Gasteiger partial charge in [-0.15, -0.1) is 0 Å². The van der Waals surface area contributed by atoms with Crippen molar-refractivity contribution in [3.05, 3.63) is 59.2 Å². The van der Waals surface area contributed by atoms with Crippen LogP contribution in [0.5, 0.6) is 0 Å². The van der Waals surface area contributed by atoms with Crippen LogP contribution in [0.3, 0.4) is 0 Å². The van der Waals surface area contributed by atoms with E-state index in [2.05, 4.69) is 0 Å². The van der Waals surface area contributed by atoms with Crippen molar-refractivity contribution in [1.82, 2.24) is 4.90 Å². The van der Waals surface area contributed by atoms with Gasteiger partial charge in [0.1, 0.15) is 0 Å². The zero-order valence-electron chi connectivity index (χ0n) is 13.8. The molecule has 0 spiro atoms. The first-order valence-corrected chi connectivity index (χ1v) is 8.10. The first kappa shape index (κ1) is 17.5. The van der Waals surface area contributed by atoms with Crippen LogP contribution in [-0.4, -0.2) is 23.4 Å². The average Bonchev–Trinajstić information content (AvgIpc) is 2.59. The Balaban J connectivity index is 1.91. The third-order valence-corrected chi connectivity index (χ3v) is 4.49. The standard InChI is InChI=1S/C19H19F3N2O/c1-12(23)18(25)24-10-9-17-14(11-24)3-2-4-16(17)13-5-7-15(8-6-13)19(20,21)22/h2-8,12H,9-11,23H2,1H3/t12-/m0/s1. The van der Waals surface area contributed by atoms with Gasteiger partial charge in [0.2, 0.25) is 5.91 Å². The smallest absolute Gasteiger partial charge is 0.337 e. The Hall–Kier alpha value is -2.34. The number of nitrogens with two attached hydrogens (primary N) is 1. The van der Waals surface area contributed by atoms with Crippen LogP contribution >= 0.6 is 0 Å². The minimum Gasteiger partial charge on any atom is -0.337 e. The summed E-state index contributed by atoms with van der Waals surface area (Å²) < 4.78 is 38.2. The molecule has 0 aliphatic carbocycles. The van der Waals surface area contributed by atoms with Crippen LogP contribution in [0.1, 0.15) is 23.6 Å². The summed E-state index contributed by atoms with van der Waals surface area (Å²) in [4.78, 5) is 13.8. The molecule has 1 amide bonds. The Morgan fingerprint density at radius 2 is 1.84 bits per heavy atom. The molecule has 1 aliphatic rings. The van der Waals surface area contributed by atoms with Gasteiger partial charge in [0.05, 0.1) is 11.6 Å². The topological polar surface area (TPSA) is 46.3 Å². The molecule has 0 unspecified atom stereocenters. The number of hydrogen-bond acceptors (Lipinski definition) is 2. The van der Waals surface area contributed by atoms with Crippen LogP contribution in [0.4, 0.5) is 13.2 Å². The summed E-state index contributed by atoms with van der Waals surface area (Å²) in [5.74, 6) is -0.0921. The summed E-state index contributed by atoms with van der Waals surface area (Å²) in [5, 5.41) is 0. The molecule has 6 heteroatoms. The van der Waals surface area contributed by atoms with Crippen molar-refractivity contribution in [3.8, 4) is 11.1 Å². The van der Waals surface area contributed by atoms with E-state index in [0.717, 1.165) is 34.4 Å². The minimum absolute atomic E-state index is 0.0921. The number of carbonyl (C=O) groups excluding carboxylic acids is 1. The fourth-order valence-corrected chi connectivity index (χ4v) is 3.19. The Morgan fingerprint density at radius 1 is 1.16 bits per heavy atom. The van der Waals surface area contributed by atoms with Crippen molar-refractivity contribution in [2.75, 3.05) is 6.54 Å². The Bertz CT molecular complexity index is 782. The maximum atomic E-state index is 12.7. The summed E-state index contributed by atoms with van der Waals surface area (Å²) in [5.41, 5.74) is 8.77. The van der Waals surface area contributed by atoms with Gasteiger partial charge in [-0.05, 0) is 47.7 Å². The first-order chi connectivity index (χ1) is 11.8. The highest BCUT2D eigenvalue weighted by Crippen LogP contribution is 2.34. The number of hydrogen-bond donors (Lipinski definition) is 1. The zero-order chi connectivity index (χ0) is 18.2. The van der Waals surface area contributed by atoms with Crippen molar-refractivity contribution in [2.24, 2.45) is 5.73 Å². The number of amides is 1. The molecule has 1 atom stereocenters. The second-order valence-electron chi connectivity index (χ2n) is 6.32. The lowest BCUT2D eigenvalue weighted by atomic mass is 9.90. The highest BCUT2D eigenvalue weighted by molar-refractivity contribution is 5.82. The molecule has 2 aromatic carbocycles. The lowest BCUT2D eigenvalue weighted by Gasteiger charge is -2.31. The highest BCUT2D eigenvalue weighted by atomic mass is 19.4. The van der Waals surface area contributed by atoms with Gasteiger partial charge in [-0.3, -0.25) is 4.79 Å². The van der Waals surface area contributed by atoms with E-state index in [1.807, 2.05) is 18.2 Å². The SMILES string of the molecule is C[C@H](N)C(=O)N1CCc2c(cccc2-c2ccc(C(F)(F)F)cc2)C1. The monoisotopic (exact) mass is 348 g/mol. The molecular weight excluding hydrogens is 329 g/mol. The van der Waals surface area contributed by atoms with Gasteiger partial charge < -0.3 is 10.6 Å². The molecule has 2 aromatic rings. The molecule has 0 radical (unpaired) electrons. The van der Waals surface area contributed by atoms with Crippen LogP contribution < -0.4 is 5.73 Å². The van der Waals surface area contributed by atoms with Crippen molar-refractivity contribution < 1.29 is 18.0 Å². The molecule has 1 heterocycles. The minimum atomic E-state index is -4.34. The summed E-state index contributed by atoms with van der Waals surface area (Å²) >= 11 is 0. The number of benzene rings is 2. The predicted molar refractivity (Wildman–Crippen MR) is 89.7 cm³/mol. The number of halogens is 3. The van der Waals surface area contributed by atoms with E-state index in [1.165, 1.54) is 12.1 Å². The lowest BCUT2D eigenvalue weighted by molar-refractivity contribution is -0.137. The number of alkyl halides is 3. The van der Waals surface area contributed by atoms with Crippen LogP contribution in [0.25, 0.3) is 11.1 Å². The van der Waals surface area contributed by atoms with Crippen molar-refractivity contribution in [2.45, 2.75) is 32.1 Å². The van der Waals surface area contributed by atoms with E-state index in [0.29, 0.717) is 19.5 Å². The predicted octanol–water partition coefficient (Wildman–Crippen LogP) is 3.60. The van der Waals surface area contributed by atoms with Crippen LogP contribution in [0, 0.1) is 0 Å². The van der Waals surface area contributed by atoms with Crippen molar-refractivity contribution >= 4 is 5.91 Å². The van der Waals surface area contributed by atoms with Gasteiger partial charge in [-0.2, -0.15) is 13.2 Å². The quantitative estimate of drug-likeness (QED) is 0.901. The van der Waals surface area contributed by atoms with E-state index in [1.54, 1.807) is 11.8 Å². The van der Waals surface area contributed by atoms with E-state index in [9.17, 15) is 18.0 Å². The van der Waals surface area contributed by atoms with E-state index in [4.69, 9.17) is 5.73 Å². The molecule has 25 heavy (non-hydrogen) atoms. The molecule has 2 N–H and O–H groups in total. The zero-order valence-corrected chi connectivity index (χ0v) is 13.8. The number of carbonyl (C=O) groups is 1. The summed E-state index contributed by atoms with van der Waals surface area (Å²) in [7, 11) is 0. The molecule has 0 fully saturated rings. The third kappa shape index (κ3) is 3.54. The molecule has 132 valence electrons. The largest absolute Gasteiger partial charge is 0.416 e. The highest BCUT2D eigenvalue weighted by Gasteiger charge is 2.30. The molecule has 0 saturated heterocycles. The molecular formula is C19H19F3N2O.